The molecular formula is C20H23Cl2N3O4. The predicted octanol–water partition coefficient (Wildman–Crippen LogP) is 2.73. The van der Waals surface area contributed by atoms with E-state index in [0.717, 1.165) is 25.9 Å². The number of aliphatic hydroxyl groups is 1. The zero-order valence-corrected chi connectivity index (χ0v) is 17.2. The predicted molar refractivity (Wildman–Crippen MR) is 111 cm³/mol. The fourth-order valence-electron chi connectivity index (χ4n) is 3.18. The highest BCUT2D eigenvalue weighted by Gasteiger charge is 2.23. The SMILES string of the molecule is O=C(NC[C@@H](O)CN1CCC(Oc2ccc(Cl)c(Cl)c2)CC1)c1ncccc1O. The first kappa shape index (κ1) is 21.6. The number of nitrogens with one attached hydrogen (secondary N) is 1. The van der Waals surface area contributed by atoms with Crippen LogP contribution in [0.5, 0.6) is 11.5 Å². The molecule has 0 radical (unpaired) electrons. The molecule has 0 bridgehead atoms. The Morgan fingerprint density at radius 1 is 1.28 bits per heavy atom. The Labute approximate surface area is 179 Å². The fourth-order valence-corrected chi connectivity index (χ4v) is 3.47. The number of carbonyl (C=O) groups excluding carboxylic acids is 1. The average molecular weight is 440 g/mol. The van der Waals surface area contributed by atoms with Crippen LogP contribution in [0, 0.1) is 0 Å². The lowest BCUT2D eigenvalue weighted by molar-refractivity contribution is 0.0593. The molecule has 1 aliphatic rings. The van der Waals surface area contributed by atoms with Crippen molar-refractivity contribution in [3.05, 3.63) is 52.3 Å². The lowest BCUT2D eigenvalue weighted by Gasteiger charge is -2.33. The summed E-state index contributed by atoms with van der Waals surface area (Å²) in [5.74, 6) is -0.0159. The summed E-state index contributed by atoms with van der Waals surface area (Å²) in [6.07, 6.45) is 2.42. The van der Waals surface area contributed by atoms with E-state index in [1.807, 2.05) is 0 Å². The molecule has 1 aromatic heterocycles. The zero-order valence-electron chi connectivity index (χ0n) is 15.7. The Balaban J connectivity index is 1.39. The number of aromatic hydroxyl groups is 1. The number of ether oxygens (including phenoxy) is 1. The highest BCUT2D eigenvalue weighted by Crippen LogP contribution is 2.28. The second-order valence-corrected chi connectivity index (χ2v) is 7.74. The fraction of sp³-hybridized carbons (Fsp3) is 0.400. The van der Waals surface area contributed by atoms with Gasteiger partial charge in [-0.1, -0.05) is 23.2 Å². The Bertz CT molecular complexity index is 844. The number of likely N-dealkylation sites (tertiary alicyclic amines) is 1. The van der Waals surface area contributed by atoms with Crippen molar-refractivity contribution in [3.8, 4) is 11.5 Å². The van der Waals surface area contributed by atoms with Crippen molar-refractivity contribution < 1.29 is 19.7 Å². The van der Waals surface area contributed by atoms with Gasteiger partial charge in [-0.05, 0) is 37.1 Å². The Morgan fingerprint density at radius 2 is 2.03 bits per heavy atom. The van der Waals surface area contributed by atoms with Crippen molar-refractivity contribution in [2.45, 2.75) is 25.0 Å². The molecule has 0 spiro atoms. The van der Waals surface area contributed by atoms with Crippen molar-refractivity contribution in [1.82, 2.24) is 15.2 Å². The van der Waals surface area contributed by atoms with Crippen LogP contribution in [0.25, 0.3) is 0 Å². The van der Waals surface area contributed by atoms with E-state index < -0.39 is 12.0 Å². The van der Waals surface area contributed by atoms with Crippen molar-refractivity contribution in [2.75, 3.05) is 26.2 Å². The number of β-amino-alcohol motifs (C(OH)–C–C–N with tert-alkyl or cyclic N) is 1. The van der Waals surface area contributed by atoms with Gasteiger partial charge in [0.15, 0.2) is 5.69 Å². The van der Waals surface area contributed by atoms with Crippen molar-refractivity contribution >= 4 is 29.1 Å². The quantitative estimate of drug-likeness (QED) is 0.613. The molecule has 1 aromatic carbocycles. The van der Waals surface area contributed by atoms with Crippen molar-refractivity contribution in [1.29, 1.82) is 0 Å². The third kappa shape index (κ3) is 6.21. The van der Waals surface area contributed by atoms with Crippen LogP contribution in [-0.4, -0.2) is 64.4 Å². The number of benzene rings is 1. The van der Waals surface area contributed by atoms with Gasteiger partial charge in [0.1, 0.15) is 17.6 Å². The number of amides is 1. The molecular weight excluding hydrogens is 417 g/mol. The molecule has 2 heterocycles. The first-order valence-electron chi connectivity index (χ1n) is 9.36. The molecule has 1 saturated heterocycles. The number of halogens is 2. The van der Waals surface area contributed by atoms with E-state index in [9.17, 15) is 15.0 Å². The Hall–Kier alpha value is -2.06. The standard InChI is InChI=1S/C20H23Cl2N3O4/c21-16-4-3-15(10-17(16)22)29-14-5-8-25(9-6-14)12-13(26)11-24-20(28)19-18(27)2-1-7-23-19/h1-4,7,10,13-14,26-27H,5-6,8-9,11-12H2,(H,24,28)/t13-/m1/s1. The molecule has 1 fully saturated rings. The van der Waals surface area contributed by atoms with E-state index in [4.69, 9.17) is 27.9 Å². The molecule has 0 unspecified atom stereocenters. The number of piperidine rings is 1. The third-order valence-electron chi connectivity index (χ3n) is 4.70. The summed E-state index contributed by atoms with van der Waals surface area (Å²) in [4.78, 5) is 18.0. The molecule has 7 nitrogen and oxygen atoms in total. The molecule has 0 saturated carbocycles. The largest absolute Gasteiger partial charge is 0.505 e. The Morgan fingerprint density at radius 3 is 2.72 bits per heavy atom. The van der Waals surface area contributed by atoms with Crippen LogP contribution in [0.3, 0.4) is 0 Å². The van der Waals surface area contributed by atoms with Crippen LogP contribution in [0.15, 0.2) is 36.5 Å². The zero-order chi connectivity index (χ0) is 20.8. The lowest BCUT2D eigenvalue weighted by atomic mass is 10.1. The summed E-state index contributed by atoms with van der Waals surface area (Å²) < 4.78 is 5.96. The average Bonchev–Trinajstić information content (AvgIpc) is 2.71. The van der Waals surface area contributed by atoms with Crippen LogP contribution in [0.4, 0.5) is 0 Å². The van der Waals surface area contributed by atoms with Crippen molar-refractivity contribution in [2.24, 2.45) is 0 Å². The van der Waals surface area contributed by atoms with Gasteiger partial charge >= 0.3 is 0 Å². The molecule has 29 heavy (non-hydrogen) atoms. The number of aliphatic hydroxyl groups excluding tert-OH is 1. The van der Waals surface area contributed by atoms with E-state index >= 15 is 0 Å². The van der Waals surface area contributed by atoms with Gasteiger partial charge in [-0.25, -0.2) is 4.98 Å². The lowest BCUT2D eigenvalue weighted by Crippen LogP contribution is -2.45. The molecule has 2 aromatic rings. The number of rotatable bonds is 7. The highest BCUT2D eigenvalue weighted by molar-refractivity contribution is 6.42. The normalized spacial score (nSPS) is 16.4. The first-order chi connectivity index (χ1) is 13.9. The van der Waals surface area contributed by atoms with E-state index in [2.05, 4.69) is 15.2 Å². The summed E-state index contributed by atoms with van der Waals surface area (Å²) in [5.41, 5.74) is -0.0556. The summed E-state index contributed by atoms with van der Waals surface area (Å²) in [6.45, 7) is 2.07. The van der Waals surface area contributed by atoms with Crippen LogP contribution in [0.2, 0.25) is 10.0 Å². The van der Waals surface area contributed by atoms with E-state index in [1.54, 1.807) is 18.2 Å². The number of hydrogen-bond acceptors (Lipinski definition) is 6. The third-order valence-corrected chi connectivity index (χ3v) is 5.44. The summed E-state index contributed by atoms with van der Waals surface area (Å²) in [5, 5.41) is 23.4. The monoisotopic (exact) mass is 439 g/mol. The maximum atomic E-state index is 12.0. The van der Waals surface area contributed by atoms with E-state index in [0.29, 0.717) is 22.3 Å². The molecule has 1 aliphatic heterocycles. The number of aromatic nitrogens is 1. The summed E-state index contributed by atoms with van der Waals surface area (Å²) in [6, 6.07) is 8.15. The highest BCUT2D eigenvalue weighted by atomic mass is 35.5. The first-order valence-corrected chi connectivity index (χ1v) is 10.1. The summed E-state index contributed by atoms with van der Waals surface area (Å²) in [7, 11) is 0. The van der Waals surface area contributed by atoms with Gasteiger partial charge in [0, 0.05) is 38.4 Å². The number of pyridine rings is 1. The van der Waals surface area contributed by atoms with Gasteiger partial charge in [-0.15, -0.1) is 0 Å². The topological polar surface area (TPSA) is 94.9 Å². The molecule has 0 aliphatic carbocycles. The Kier molecular flexibility index (Phi) is 7.55. The van der Waals surface area contributed by atoms with Crippen LogP contribution >= 0.6 is 23.2 Å². The maximum Gasteiger partial charge on any atom is 0.273 e. The minimum Gasteiger partial charge on any atom is -0.505 e. The molecule has 3 rings (SSSR count). The number of carbonyl (C=O) groups is 1. The molecule has 156 valence electrons. The molecule has 1 atom stereocenters. The van der Waals surface area contributed by atoms with Gasteiger partial charge in [0.25, 0.3) is 5.91 Å². The molecule has 9 heteroatoms. The van der Waals surface area contributed by atoms with Crippen LogP contribution in [0.1, 0.15) is 23.3 Å². The van der Waals surface area contributed by atoms with E-state index in [1.165, 1.54) is 18.3 Å². The van der Waals surface area contributed by atoms with Gasteiger partial charge in [0.05, 0.1) is 16.1 Å². The molecule has 1 amide bonds. The van der Waals surface area contributed by atoms with Gasteiger partial charge in [0.2, 0.25) is 0 Å². The summed E-state index contributed by atoms with van der Waals surface area (Å²) >= 11 is 11.9. The van der Waals surface area contributed by atoms with Crippen molar-refractivity contribution in [3.63, 3.8) is 0 Å². The van der Waals surface area contributed by atoms with Gasteiger partial charge < -0.3 is 25.2 Å². The van der Waals surface area contributed by atoms with Crippen LogP contribution in [-0.2, 0) is 0 Å². The number of nitrogens with zero attached hydrogens (tertiary/aromatic N) is 2. The maximum absolute atomic E-state index is 12.0. The second-order valence-electron chi connectivity index (χ2n) is 6.93. The smallest absolute Gasteiger partial charge is 0.273 e. The van der Waals surface area contributed by atoms with Gasteiger partial charge in [-0.2, -0.15) is 0 Å². The second kappa shape index (κ2) is 10.1. The molecule has 3 N–H and O–H groups in total. The number of hydrogen-bond donors (Lipinski definition) is 3. The minimum absolute atomic E-state index is 0.0556. The van der Waals surface area contributed by atoms with Crippen LogP contribution < -0.4 is 10.1 Å². The van der Waals surface area contributed by atoms with E-state index in [-0.39, 0.29) is 24.1 Å². The minimum atomic E-state index is -0.725. The van der Waals surface area contributed by atoms with Gasteiger partial charge in [-0.3, -0.25) is 4.79 Å².